The Bertz CT molecular complexity index is 979. The van der Waals surface area contributed by atoms with Gasteiger partial charge in [-0.05, 0) is 29.8 Å². The van der Waals surface area contributed by atoms with Crippen molar-refractivity contribution in [3.05, 3.63) is 66.4 Å². The van der Waals surface area contributed by atoms with Crippen molar-refractivity contribution in [3.8, 4) is 0 Å². The third kappa shape index (κ3) is 3.71. The van der Waals surface area contributed by atoms with E-state index in [1.165, 1.54) is 0 Å². The van der Waals surface area contributed by atoms with Gasteiger partial charge in [-0.3, -0.25) is 4.79 Å². The maximum atomic E-state index is 12.5. The molecule has 6 heteroatoms. The van der Waals surface area contributed by atoms with Crippen molar-refractivity contribution in [1.29, 1.82) is 0 Å². The van der Waals surface area contributed by atoms with Gasteiger partial charge in [0, 0.05) is 42.9 Å². The van der Waals surface area contributed by atoms with Gasteiger partial charge in [-0.15, -0.1) is 0 Å². The summed E-state index contributed by atoms with van der Waals surface area (Å²) >= 11 is 0. The number of carbonyl (C=O) groups excluding carboxylic acids is 1. The summed E-state index contributed by atoms with van der Waals surface area (Å²) in [6, 6.07) is 17.7. The number of hydrogen-bond donors (Lipinski definition) is 1. The maximum Gasteiger partial charge on any atom is 0.268 e. The summed E-state index contributed by atoms with van der Waals surface area (Å²) in [6.07, 6.45) is 1.88. The normalized spacial score (nSPS) is 16.2. The average molecular weight is 363 g/mol. The van der Waals surface area contributed by atoms with Crippen LogP contribution in [0.4, 0.5) is 5.69 Å². The van der Waals surface area contributed by atoms with Crippen LogP contribution < -0.4 is 5.32 Å². The molecule has 2 aromatic carbocycles. The lowest BCUT2D eigenvalue weighted by Crippen LogP contribution is -2.28. The van der Waals surface area contributed by atoms with Gasteiger partial charge in [0.05, 0.1) is 12.3 Å². The third-order valence-corrected chi connectivity index (χ3v) is 4.64. The van der Waals surface area contributed by atoms with Crippen LogP contribution in [0.5, 0.6) is 0 Å². The van der Waals surface area contributed by atoms with Gasteiger partial charge in [0.25, 0.3) is 5.91 Å². The van der Waals surface area contributed by atoms with E-state index in [4.69, 9.17) is 9.57 Å². The largest absolute Gasteiger partial charge is 0.383 e. The number of anilines is 1. The number of nitrogens with one attached hydrogen (secondary N) is 1. The lowest BCUT2D eigenvalue weighted by molar-refractivity contribution is -0.125. The van der Waals surface area contributed by atoms with E-state index in [1.807, 2.05) is 60.8 Å². The zero-order chi connectivity index (χ0) is 18.6. The molecule has 1 unspecified atom stereocenters. The molecular formula is C21H21N3O3. The fourth-order valence-corrected chi connectivity index (χ4v) is 3.20. The molecule has 138 valence electrons. The van der Waals surface area contributed by atoms with Crippen molar-refractivity contribution in [1.82, 2.24) is 4.57 Å². The van der Waals surface area contributed by atoms with Crippen LogP contribution in [0.3, 0.4) is 0 Å². The highest BCUT2D eigenvalue weighted by molar-refractivity contribution is 6.06. The number of benzene rings is 2. The lowest BCUT2D eigenvalue weighted by Gasteiger charge is -2.10. The van der Waals surface area contributed by atoms with Crippen LogP contribution >= 0.6 is 0 Å². The molecule has 1 aromatic heterocycles. The summed E-state index contributed by atoms with van der Waals surface area (Å²) < 4.78 is 7.26. The molecule has 27 heavy (non-hydrogen) atoms. The van der Waals surface area contributed by atoms with E-state index in [1.54, 1.807) is 7.11 Å². The molecule has 0 spiro atoms. The van der Waals surface area contributed by atoms with Gasteiger partial charge in [0.1, 0.15) is 0 Å². The van der Waals surface area contributed by atoms with E-state index >= 15 is 0 Å². The summed E-state index contributed by atoms with van der Waals surface area (Å²) in [5.41, 5.74) is 3.62. The zero-order valence-corrected chi connectivity index (χ0v) is 15.1. The summed E-state index contributed by atoms with van der Waals surface area (Å²) in [7, 11) is 1.69. The molecule has 0 saturated carbocycles. The quantitative estimate of drug-likeness (QED) is 0.730. The molecule has 0 aliphatic carbocycles. The Morgan fingerprint density at radius 2 is 2.11 bits per heavy atom. The minimum Gasteiger partial charge on any atom is -0.383 e. The van der Waals surface area contributed by atoms with Gasteiger partial charge < -0.3 is 19.5 Å². The van der Waals surface area contributed by atoms with Gasteiger partial charge in [-0.2, -0.15) is 0 Å². The fraction of sp³-hybridized carbons (Fsp3) is 0.238. The minimum atomic E-state index is -0.609. The van der Waals surface area contributed by atoms with Crippen molar-refractivity contribution in [3.63, 3.8) is 0 Å². The number of fused-ring (bicyclic) bond motifs is 1. The summed E-state index contributed by atoms with van der Waals surface area (Å²) in [4.78, 5) is 17.9. The van der Waals surface area contributed by atoms with Crippen LogP contribution in [0.15, 0.2) is 65.9 Å². The van der Waals surface area contributed by atoms with Crippen molar-refractivity contribution >= 4 is 28.2 Å². The Labute approximate surface area is 157 Å². The number of ether oxygens (including phenoxy) is 1. The Morgan fingerprint density at radius 1 is 1.26 bits per heavy atom. The molecule has 1 aliphatic rings. The van der Waals surface area contributed by atoms with E-state index in [-0.39, 0.29) is 5.91 Å². The second-order valence-corrected chi connectivity index (χ2v) is 6.47. The van der Waals surface area contributed by atoms with E-state index < -0.39 is 6.10 Å². The standard InChI is InChI=1S/C21H21N3O3/c1-26-12-11-24-10-9-16-13-17(7-8-19(16)24)22-21(25)20-14-18(23-27-20)15-5-3-2-4-6-15/h2-10,13,20H,11-12,14H2,1H3,(H,22,25). The number of carbonyl (C=O) groups is 1. The molecule has 0 saturated heterocycles. The highest BCUT2D eigenvalue weighted by Crippen LogP contribution is 2.22. The molecule has 1 aliphatic heterocycles. The second-order valence-electron chi connectivity index (χ2n) is 6.47. The van der Waals surface area contributed by atoms with Gasteiger partial charge in [-0.25, -0.2) is 0 Å². The minimum absolute atomic E-state index is 0.192. The predicted molar refractivity (Wildman–Crippen MR) is 105 cm³/mol. The van der Waals surface area contributed by atoms with Gasteiger partial charge in [0.2, 0.25) is 6.10 Å². The van der Waals surface area contributed by atoms with Crippen LogP contribution in [0.25, 0.3) is 10.9 Å². The molecule has 3 aromatic rings. The van der Waals surface area contributed by atoms with Crippen molar-refractivity contribution in [2.45, 2.75) is 19.1 Å². The number of aromatic nitrogens is 1. The van der Waals surface area contributed by atoms with E-state index in [0.717, 1.165) is 34.4 Å². The number of amides is 1. The monoisotopic (exact) mass is 363 g/mol. The molecular weight excluding hydrogens is 342 g/mol. The van der Waals surface area contributed by atoms with Crippen molar-refractivity contribution in [2.24, 2.45) is 5.16 Å². The SMILES string of the molecule is COCCn1ccc2cc(NC(=O)C3CC(c4ccccc4)=NO3)ccc21. The fourth-order valence-electron chi connectivity index (χ4n) is 3.20. The number of rotatable bonds is 6. The predicted octanol–water partition coefficient (Wildman–Crippen LogP) is 3.42. The Hall–Kier alpha value is -3.12. The third-order valence-electron chi connectivity index (χ3n) is 4.64. The highest BCUT2D eigenvalue weighted by atomic mass is 16.6. The first-order valence-corrected chi connectivity index (χ1v) is 8.91. The first-order valence-electron chi connectivity index (χ1n) is 8.91. The Balaban J connectivity index is 1.41. The van der Waals surface area contributed by atoms with Crippen molar-refractivity contribution < 1.29 is 14.4 Å². The molecule has 6 nitrogen and oxygen atoms in total. The van der Waals surface area contributed by atoms with Crippen LogP contribution in [-0.2, 0) is 20.9 Å². The molecule has 0 radical (unpaired) electrons. The van der Waals surface area contributed by atoms with Gasteiger partial charge in [-0.1, -0.05) is 35.5 Å². The number of methoxy groups -OCH3 is 1. The molecule has 0 bridgehead atoms. The number of hydrogen-bond acceptors (Lipinski definition) is 4. The first kappa shape index (κ1) is 17.3. The number of oxime groups is 1. The highest BCUT2D eigenvalue weighted by Gasteiger charge is 2.28. The van der Waals surface area contributed by atoms with Crippen LogP contribution in [-0.4, -0.2) is 36.0 Å². The average Bonchev–Trinajstić information content (AvgIpc) is 3.34. The smallest absolute Gasteiger partial charge is 0.268 e. The van der Waals surface area contributed by atoms with Crippen molar-refractivity contribution in [2.75, 3.05) is 19.0 Å². The maximum absolute atomic E-state index is 12.5. The lowest BCUT2D eigenvalue weighted by atomic mass is 10.0. The molecule has 1 amide bonds. The van der Waals surface area contributed by atoms with Crippen LogP contribution in [0.1, 0.15) is 12.0 Å². The molecule has 2 heterocycles. The molecule has 0 fully saturated rings. The zero-order valence-electron chi connectivity index (χ0n) is 15.1. The topological polar surface area (TPSA) is 64.8 Å². The molecule has 1 N–H and O–H groups in total. The summed E-state index contributed by atoms with van der Waals surface area (Å²) in [5.74, 6) is -0.192. The van der Waals surface area contributed by atoms with Gasteiger partial charge >= 0.3 is 0 Å². The Kier molecular flexibility index (Phi) is 4.89. The van der Waals surface area contributed by atoms with Crippen LogP contribution in [0, 0.1) is 0 Å². The summed E-state index contributed by atoms with van der Waals surface area (Å²) in [6.45, 7) is 1.45. The molecule has 4 rings (SSSR count). The Morgan fingerprint density at radius 3 is 2.93 bits per heavy atom. The first-order chi connectivity index (χ1) is 13.2. The summed E-state index contributed by atoms with van der Waals surface area (Å²) in [5, 5.41) is 8.07. The van der Waals surface area contributed by atoms with E-state index in [2.05, 4.69) is 15.0 Å². The second kappa shape index (κ2) is 7.63. The molecule has 1 atom stereocenters. The number of nitrogens with zero attached hydrogens (tertiary/aromatic N) is 2. The van der Waals surface area contributed by atoms with Gasteiger partial charge in [0.15, 0.2) is 0 Å². The van der Waals surface area contributed by atoms with Crippen LogP contribution in [0.2, 0.25) is 0 Å². The van der Waals surface area contributed by atoms with E-state index in [0.29, 0.717) is 13.0 Å². The van der Waals surface area contributed by atoms with E-state index in [9.17, 15) is 4.79 Å².